The van der Waals surface area contributed by atoms with Crippen molar-refractivity contribution < 1.29 is 51.0 Å². The maximum absolute atomic E-state index is 3.69. The summed E-state index contributed by atoms with van der Waals surface area (Å²) in [7, 11) is 0. The first-order chi connectivity index (χ1) is 12.7. The van der Waals surface area contributed by atoms with Gasteiger partial charge in [0.25, 0.3) is 0 Å². The van der Waals surface area contributed by atoms with Gasteiger partial charge in [0.05, 0.1) is 5.41 Å². The first-order valence-electron chi connectivity index (χ1n) is 9.81. The van der Waals surface area contributed by atoms with Crippen molar-refractivity contribution in [1.82, 2.24) is 0 Å². The van der Waals surface area contributed by atoms with E-state index in [1.807, 2.05) is 0 Å². The van der Waals surface area contributed by atoms with Crippen molar-refractivity contribution in [1.29, 1.82) is 0 Å². The van der Waals surface area contributed by atoms with Crippen molar-refractivity contribution in [2.75, 3.05) is 0 Å². The molecule has 0 aliphatic heterocycles. The normalized spacial score (nSPS) is 14.6. The summed E-state index contributed by atoms with van der Waals surface area (Å²) in [5, 5.41) is 0. The summed E-state index contributed by atoms with van der Waals surface area (Å²) in [6.45, 7) is 4.55. The fourth-order valence-corrected chi connectivity index (χ4v) is 4.27. The second-order valence-electron chi connectivity index (χ2n) is 7.52. The smallest absolute Gasteiger partial charge is 1.00 e. The third kappa shape index (κ3) is 4.99. The molecule has 1 atom stereocenters. The Morgan fingerprint density at radius 3 is 2.48 bits per heavy atom. The molecule has 1 unspecified atom stereocenters. The maximum Gasteiger partial charge on any atom is 2.00 e. The Labute approximate surface area is 207 Å². The number of unbranched alkanes of at least 4 members (excludes halogenated alkanes) is 2. The molecule has 0 heterocycles. The van der Waals surface area contributed by atoms with E-state index in [4.69, 9.17) is 0 Å². The van der Waals surface area contributed by atoms with Crippen molar-refractivity contribution in [2.24, 2.45) is 0 Å². The van der Waals surface area contributed by atoms with Gasteiger partial charge in [0.2, 0.25) is 0 Å². The molecule has 3 heteroatoms. The summed E-state index contributed by atoms with van der Waals surface area (Å²) in [5.74, 6) is 7.18. The molecule has 2 aromatic rings. The van der Waals surface area contributed by atoms with Crippen molar-refractivity contribution in [3.05, 3.63) is 83.0 Å². The Morgan fingerprint density at radius 1 is 1.00 bits per heavy atom. The van der Waals surface area contributed by atoms with Crippen molar-refractivity contribution in [3.63, 3.8) is 0 Å². The summed E-state index contributed by atoms with van der Waals surface area (Å²) in [4.78, 5) is 0. The minimum absolute atomic E-state index is 0. The zero-order valence-corrected chi connectivity index (χ0v) is 21.0. The minimum Gasteiger partial charge on any atom is -1.00 e. The Bertz CT molecular complexity index is 962. The Kier molecular flexibility index (Phi) is 10.2. The van der Waals surface area contributed by atoms with E-state index < -0.39 is 0 Å². The molecule has 148 valence electrons. The number of hydrogen-bond acceptors (Lipinski definition) is 0. The third-order valence-electron chi connectivity index (χ3n) is 5.80. The SMILES string of the molecule is CCCCC#CC(C)(C1=CC=CC1)c1cccc2c1Cc1ccccc1-2.[Cl-].[Cl-].[Zr+2]. The summed E-state index contributed by atoms with van der Waals surface area (Å²) in [6.07, 6.45) is 12.1. The molecular weight excluding hydrogens is 474 g/mol. The topological polar surface area (TPSA) is 0 Å². The number of benzene rings is 2. The first kappa shape index (κ1) is 26.0. The van der Waals surface area contributed by atoms with Gasteiger partial charge in [0.1, 0.15) is 0 Å². The minimum atomic E-state index is -0.204. The fraction of sp³-hybridized carbons (Fsp3) is 0.308. The largest absolute Gasteiger partial charge is 2.00 e. The van der Waals surface area contributed by atoms with Crippen LogP contribution in [0.2, 0.25) is 0 Å². The molecule has 0 aromatic heterocycles. The van der Waals surface area contributed by atoms with Crippen LogP contribution in [0.15, 0.2) is 66.3 Å². The van der Waals surface area contributed by atoms with E-state index in [2.05, 4.69) is 86.4 Å². The van der Waals surface area contributed by atoms with E-state index >= 15 is 0 Å². The van der Waals surface area contributed by atoms with Crippen LogP contribution in [0.3, 0.4) is 0 Å². The summed E-state index contributed by atoms with van der Waals surface area (Å²) < 4.78 is 0. The molecule has 0 N–H and O–H groups in total. The van der Waals surface area contributed by atoms with Crippen LogP contribution in [0.4, 0.5) is 0 Å². The van der Waals surface area contributed by atoms with E-state index in [1.165, 1.54) is 46.2 Å². The fourth-order valence-electron chi connectivity index (χ4n) is 4.27. The molecule has 2 aliphatic rings. The number of fused-ring (bicyclic) bond motifs is 3. The van der Waals surface area contributed by atoms with Crippen LogP contribution >= 0.6 is 0 Å². The van der Waals surface area contributed by atoms with Crippen LogP contribution in [0.5, 0.6) is 0 Å². The molecule has 0 nitrogen and oxygen atoms in total. The molecule has 0 fully saturated rings. The van der Waals surface area contributed by atoms with Crippen LogP contribution in [0.25, 0.3) is 11.1 Å². The van der Waals surface area contributed by atoms with Gasteiger partial charge in [-0.1, -0.05) is 80.0 Å². The van der Waals surface area contributed by atoms with Gasteiger partial charge in [-0.25, -0.2) is 0 Å². The first-order valence-corrected chi connectivity index (χ1v) is 9.81. The predicted octanol–water partition coefficient (Wildman–Crippen LogP) is 0.601. The molecular formula is C26H26Cl2Zr. The van der Waals surface area contributed by atoms with Crippen molar-refractivity contribution in [3.8, 4) is 23.0 Å². The van der Waals surface area contributed by atoms with Crippen LogP contribution in [0, 0.1) is 11.8 Å². The zero-order chi connectivity index (χ0) is 18.0. The van der Waals surface area contributed by atoms with Crippen LogP contribution in [-0.2, 0) is 38.0 Å². The van der Waals surface area contributed by atoms with Gasteiger partial charge < -0.3 is 24.8 Å². The van der Waals surface area contributed by atoms with E-state index in [-0.39, 0.29) is 56.4 Å². The quantitative estimate of drug-likeness (QED) is 0.364. The van der Waals surface area contributed by atoms with Crippen LogP contribution in [-0.4, -0.2) is 0 Å². The van der Waals surface area contributed by atoms with Gasteiger partial charge in [0, 0.05) is 6.42 Å². The van der Waals surface area contributed by atoms with Crippen molar-refractivity contribution >= 4 is 0 Å². The van der Waals surface area contributed by atoms with Gasteiger partial charge in [0.15, 0.2) is 0 Å². The molecule has 2 aromatic carbocycles. The molecule has 4 rings (SSSR count). The standard InChI is InChI=1S/C26H26.2ClH.Zr/c1-3-4-5-10-18-26(2,21-13-7-8-14-21)25-17-11-16-23-22-15-9-6-12-20(22)19-24(23)25;;;/h6-9,11-13,15-17H,3-5,14,19H2,1-2H3;2*1H;/q;;;+2/p-2. The van der Waals surface area contributed by atoms with E-state index in [0.717, 1.165) is 19.3 Å². The Morgan fingerprint density at radius 2 is 1.76 bits per heavy atom. The van der Waals surface area contributed by atoms with Gasteiger partial charge >= 0.3 is 26.2 Å². The summed E-state index contributed by atoms with van der Waals surface area (Å²) in [6, 6.07) is 15.6. The third-order valence-corrected chi connectivity index (χ3v) is 5.80. The van der Waals surface area contributed by atoms with E-state index in [9.17, 15) is 0 Å². The average molecular weight is 501 g/mol. The van der Waals surface area contributed by atoms with Crippen molar-refractivity contribution in [2.45, 2.75) is 51.4 Å². The molecule has 0 bridgehead atoms. The molecule has 0 spiro atoms. The van der Waals surface area contributed by atoms with Crippen LogP contribution in [0.1, 0.15) is 56.2 Å². The number of halogens is 2. The van der Waals surface area contributed by atoms with Crippen LogP contribution < -0.4 is 24.8 Å². The Balaban J connectivity index is 0.00000140. The predicted molar refractivity (Wildman–Crippen MR) is 111 cm³/mol. The van der Waals surface area contributed by atoms with E-state index in [1.54, 1.807) is 0 Å². The Hall–Kier alpha value is -1.06. The summed E-state index contributed by atoms with van der Waals surface area (Å²) in [5.41, 5.74) is 8.31. The molecule has 0 radical (unpaired) electrons. The second-order valence-corrected chi connectivity index (χ2v) is 7.52. The second kappa shape index (κ2) is 11.4. The molecule has 0 saturated heterocycles. The summed E-state index contributed by atoms with van der Waals surface area (Å²) >= 11 is 0. The van der Waals surface area contributed by atoms with E-state index in [0.29, 0.717) is 0 Å². The molecule has 0 saturated carbocycles. The molecule has 0 amide bonds. The monoisotopic (exact) mass is 498 g/mol. The maximum atomic E-state index is 3.69. The van der Waals surface area contributed by atoms with Gasteiger partial charge in [-0.05, 0) is 59.6 Å². The average Bonchev–Trinajstić information content (AvgIpc) is 3.33. The van der Waals surface area contributed by atoms with Gasteiger partial charge in [-0.15, -0.1) is 5.92 Å². The number of allylic oxidation sites excluding steroid dienone is 4. The molecule has 29 heavy (non-hydrogen) atoms. The number of hydrogen-bond donors (Lipinski definition) is 0. The van der Waals surface area contributed by atoms with Gasteiger partial charge in [-0.2, -0.15) is 0 Å². The number of rotatable bonds is 4. The molecule has 2 aliphatic carbocycles. The zero-order valence-electron chi connectivity index (χ0n) is 17.1. The van der Waals surface area contributed by atoms with Gasteiger partial charge in [-0.3, -0.25) is 0 Å².